The van der Waals surface area contributed by atoms with Gasteiger partial charge in [-0.3, -0.25) is 4.68 Å². The van der Waals surface area contributed by atoms with Crippen LogP contribution in [-0.4, -0.2) is 29.4 Å². The van der Waals surface area contributed by atoms with Gasteiger partial charge in [0.2, 0.25) is 0 Å². The molecule has 0 saturated carbocycles. The van der Waals surface area contributed by atoms with Gasteiger partial charge < -0.3 is 10.6 Å². The van der Waals surface area contributed by atoms with Crippen LogP contribution in [0.25, 0.3) is 0 Å². The fourth-order valence-electron chi connectivity index (χ4n) is 2.67. The number of rotatable bonds is 5. The van der Waals surface area contributed by atoms with E-state index in [1.807, 2.05) is 16.9 Å². The first kappa shape index (κ1) is 13.2. The molecule has 0 radical (unpaired) electrons. The highest BCUT2D eigenvalue weighted by Crippen LogP contribution is 2.13. The van der Waals surface area contributed by atoms with Crippen molar-refractivity contribution >= 4 is 5.69 Å². The Bertz CT molecular complexity index is 514. The molecule has 0 aliphatic carbocycles. The van der Waals surface area contributed by atoms with Gasteiger partial charge in [-0.2, -0.15) is 5.10 Å². The average Bonchev–Trinajstić information content (AvgIpc) is 2.95. The molecule has 1 saturated heterocycles. The van der Waals surface area contributed by atoms with E-state index in [1.165, 1.54) is 24.9 Å². The summed E-state index contributed by atoms with van der Waals surface area (Å²) in [6, 6.07) is 10.4. The maximum Gasteiger partial charge on any atom is 0.0726 e. The fraction of sp³-hybridized carbons (Fsp3) is 0.438. The molecule has 1 aliphatic heterocycles. The zero-order valence-electron chi connectivity index (χ0n) is 11.8. The van der Waals surface area contributed by atoms with Crippen molar-refractivity contribution in [3.63, 3.8) is 0 Å². The van der Waals surface area contributed by atoms with E-state index in [0.717, 1.165) is 31.2 Å². The third-order valence-electron chi connectivity index (χ3n) is 3.81. The van der Waals surface area contributed by atoms with Gasteiger partial charge in [-0.15, -0.1) is 0 Å². The predicted molar refractivity (Wildman–Crippen MR) is 81.9 cm³/mol. The molecule has 20 heavy (non-hydrogen) atoms. The van der Waals surface area contributed by atoms with E-state index in [-0.39, 0.29) is 0 Å². The van der Waals surface area contributed by atoms with Gasteiger partial charge in [-0.1, -0.05) is 30.3 Å². The van der Waals surface area contributed by atoms with Gasteiger partial charge in [0, 0.05) is 12.7 Å². The topological polar surface area (TPSA) is 41.9 Å². The second-order valence-electron chi connectivity index (χ2n) is 5.51. The van der Waals surface area contributed by atoms with Crippen molar-refractivity contribution in [2.24, 2.45) is 5.92 Å². The van der Waals surface area contributed by atoms with Gasteiger partial charge in [0.1, 0.15) is 0 Å². The van der Waals surface area contributed by atoms with Gasteiger partial charge >= 0.3 is 0 Å². The highest BCUT2D eigenvalue weighted by Gasteiger charge is 2.12. The molecule has 2 aromatic rings. The summed E-state index contributed by atoms with van der Waals surface area (Å²) in [5, 5.41) is 11.4. The number of nitrogens with zero attached hydrogens (tertiary/aromatic N) is 2. The van der Waals surface area contributed by atoms with Crippen LogP contribution in [0.4, 0.5) is 5.69 Å². The van der Waals surface area contributed by atoms with Crippen LogP contribution in [0.3, 0.4) is 0 Å². The summed E-state index contributed by atoms with van der Waals surface area (Å²) in [6.45, 7) is 4.16. The third-order valence-corrected chi connectivity index (χ3v) is 3.81. The Morgan fingerprint density at radius 3 is 3.00 bits per heavy atom. The van der Waals surface area contributed by atoms with Crippen molar-refractivity contribution < 1.29 is 0 Å². The molecule has 0 amide bonds. The molecule has 106 valence electrons. The molecule has 1 atom stereocenters. The van der Waals surface area contributed by atoms with E-state index >= 15 is 0 Å². The Labute approximate surface area is 120 Å². The van der Waals surface area contributed by atoms with Crippen LogP contribution < -0.4 is 10.6 Å². The number of nitrogens with one attached hydrogen (secondary N) is 2. The third kappa shape index (κ3) is 3.61. The van der Waals surface area contributed by atoms with Crippen molar-refractivity contribution in [1.82, 2.24) is 15.1 Å². The van der Waals surface area contributed by atoms with Gasteiger partial charge in [-0.25, -0.2) is 0 Å². The predicted octanol–water partition coefficient (Wildman–Crippen LogP) is 2.34. The summed E-state index contributed by atoms with van der Waals surface area (Å²) in [5.74, 6) is 0.737. The zero-order valence-corrected chi connectivity index (χ0v) is 11.8. The van der Waals surface area contributed by atoms with Gasteiger partial charge in [0.05, 0.1) is 18.4 Å². The number of hydrogen-bond donors (Lipinski definition) is 2. The van der Waals surface area contributed by atoms with Crippen LogP contribution in [0.1, 0.15) is 18.4 Å². The Morgan fingerprint density at radius 1 is 1.30 bits per heavy atom. The number of anilines is 1. The fourth-order valence-corrected chi connectivity index (χ4v) is 2.67. The zero-order chi connectivity index (χ0) is 13.6. The van der Waals surface area contributed by atoms with Crippen LogP contribution in [0.5, 0.6) is 0 Å². The Balaban J connectivity index is 1.51. The molecule has 4 nitrogen and oxygen atoms in total. The smallest absolute Gasteiger partial charge is 0.0726 e. The Kier molecular flexibility index (Phi) is 4.33. The minimum atomic E-state index is 0.737. The van der Waals surface area contributed by atoms with E-state index < -0.39 is 0 Å². The van der Waals surface area contributed by atoms with E-state index in [9.17, 15) is 0 Å². The van der Waals surface area contributed by atoms with E-state index in [2.05, 4.69) is 46.2 Å². The molecular formula is C16H22N4. The average molecular weight is 270 g/mol. The summed E-state index contributed by atoms with van der Waals surface area (Å²) < 4.78 is 1.98. The first-order chi connectivity index (χ1) is 9.90. The monoisotopic (exact) mass is 270 g/mol. The molecule has 0 spiro atoms. The Hall–Kier alpha value is -1.81. The first-order valence-corrected chi connectivity index (χ1v) is 7.41. The van der Waals surface area contributed by atoms with Crippen LogP contribution in [0, 0.1) is 5.92 Å². The van der Waals surface area contributed by atoms with Crippen molar-refractivity contribution in [2.45, 2.75) is 19.4 Å². The van der Waals surface area contributed by atoms with Crippen LogP contribution in [0.2, 0.25) is 0 Å². The Morgan fingerprint density at radius 2 is 2.20 bits per heavy atom. The van der Waals surface area contributed by atoms with Crippen LogP contribution in [-0.2, 0) is 6.54 Å². The number of aromatic nitrogens is 2. The molecule has 2 heterocycles. The van der Waals surface area contributed by atoms with Gasteiger partial charge in [-0.05, 0) is 37.4 Å². The maximum atomic E-state index is 4.41. The van der Waals surface area contributed by atoms with Crippen LogP contribution in [0.15, 0.2) is 42.7 Å². The second kappa shape index (κ2) is 6.57. The van der Waals surface area contributed by atoms with E-state index in [1.54, 1.807) is 0 Å². The first-order valence-electron chi connectivity index (χ1n) is 7.41. The van der Waals surface area contributed by atoms with Crippen molar-refractivity contribution in [3.8, 4) is 0 Å². The summed E-state index contributed by atoms with van der Waals surface area (Å²) in [7, 11) is 0. The summed E-state index contributed by atoms with van der Waals surface area (Å²) in [4.78, 5) is 0. The minimum absolute atomic E-state index is 0.737. The maximum absolute atomic E-state index is 4.41. The van der Waals surface area contributed by atoms with Crippen molar-refractivity contribution in [2.75, 3.05) is 25.0 Å². The number of benzene rings is 1. The van der Waals surface area contributed by atoms with E-state index in [0.29, 0.717) is 0 Å². The quantitative estimate of drug-likeness (QED) is 0.876. The van der Waals surface area contributed by atoms with E-state index in [4.69, 9.17) is 0 Å². The molecular weight excluding hydrogens is 248 g/mol. The van der Waals surface area contributed by atoms with Crippen molar-refractivity contribution in [1.29, 1.82) is 0 Å². The molecule has 4 heteroatoms. The lowest BCUT2D eigenvalue weighted by Gasteiger charge is -2.22. The molecule has 0 bridgehead atoms. The number of piperidine rings is 1. The highest BCUT2D eigenvalue weighted by atomic mass is 15.3. The van der Waals surface area contributed by atoms with Gasteiger partial charge in [0.25, 0.3) is 0 Å². The molecule has 1 fully saturated rings. The number of hydrogen-bond acceptors (Lipinski definition) is 3. The molecule has 2 N–H and O–H groups in total. The molecule has 1 aromatic heterocycles. The summed E-state index contributed by atoms with van der Waals surface area (Å²) in [5.41, 5.74) is 2.39. The lowest BCUT2D eigenvalue weighted by atomic mass is 10.00. The summed E-state index contributed by atoms with van der Waals surface area (Å²) >= 11 is 0. The normalized spacial score (nSPS) is 18.9. The molecule has 1 aromatic carbocycles. The SMILES string of the molecule is c1ccc(Cn2cc(NCC3CCCNC3)cn2)cc1. The van der Waals surface area contributed by atoms with Gasteiger partial charge in [0.15, 0.2) is 0 Å². The van der Waals surface area contributed by atoms with Crippen LogP contribution >= 0.6 is 0 Å². The standard InChI is InChI=1S/C16H22N4/c1-2-5-14(6-3-1)12-20-13-16(11-19-20)18-10-15-7-4-8-17-9-15/h1-3,5-6,11,13,15,17-18H,4,7-10,12H2. The lowest BCUT2D eigenvalue weighted by molar-refractivity contribution is 0.393. The lowest BCUT2D eigenvalue weighted by Crippen LogP contribution is -2.33. The molecule has 1 unspecified atom stereocenters. The molecule has 1 aliphatic rings. The largest absolute Gasteiger partial charge is 0.382 e. The second-order valence-corrected chi connectivity index (χ2v) is 5.51. The summed E-state index contributed by atoms with van der Waals surface area (Å²) in [6.07, 6.45) is 6.61. The van der Waals surface area contributed by atoms with Crippen molar-refractivity contribution in [3.05, 3.63) is 48.3 Å². The molecule has 3 rings (SSSR count). The minimum Gasteiger partial charge on any atom is -0.382 e. The highest BCUT2D eigenvalue weighted by molar-refractivity contribution is 5.38.